The summed E-state index contributed by atoms with van der Waals surface area (Å²) in [5, 5.41) is 4.35. The molecule has 0 unspecified atom stereocenters. The van der Waals surface area contributed by atoms with Gasteiger partial charge in [-0.25, -0.2) is 8.78 Å². The van der Waals surface area contributed by atoms with Gasteiger partial charge >= 0.3 is 0 Å². The van der Waals surface area contributed by atoms with Crippen molar-refractivity contribution in [3.63, 3.8) is 0 Å². The van der Waals surface area contributed by atoms with Gasteiger partial charge in [0.2, 0.25) is 5.91 Å². The summed E-state index contributed by atoms with van der Waals surface area (Å²) in [6.07, 6.45) is 0. The number of ether oxygens (including phenoxy) is 2. The molecular formula is C17H16F2N2O4. The van der Waals surface area contributed by atoms with Crippen molar-refractivity contribution >= 4 is 17.5 Å². The highest BCUT2D eigenvalue weighted by molar-refractivity contribution is 5.94. The van der Waals surface area contributed by atoms with E-state index in [-0.39, 0.29) is 6.61 Å². The molecule has 2 N–H and O–H groups in total. The molecule has 25 heavy (non-hydrogen) atoms. The minimum absolute atomic E-state index is 0.346. The third-order valence-electron chi connectivity index (χ3n) is 3.10. The van der Waals surface area contributed by atoms with Crippen molar-refractivity contribution in [2.75, 3.05) is 25.6 Å². The number of halogens is 2. The van der Waals surface area contributed by atoms with Crippen molar-refractivity contribution in [2.45, 2.75) is 0 Å². The number of nitrogens with one attached hydrogen (secondary N) is 2. The van der Waals surface area contributed by atoms with Crippen LogP contribution < -0.4 is 20.1 Å². The number of hydrogen-bond donors (Lipinski definition) is 2. The summed E-state index contributed by atoms with van der Waals surface area (Å²) < 4.78 is 37.2. The predicted molar refractivity (Wildman–Crippen MR) is 86.5 cm³/mol. The van der Waals surface area contributed by atoms with E-state index >= 15 is 0 Å². The Labute approximate surface area is 142 Å². The molecule has 2 aromatic rings. The molecule has 0 aliphatic heterocycles. The molecule has 8 heteroatoms. The van der Waals surface area contributed by atoms with E-state index < -0.39 is 35.7 Å². The molecule has 2 amide bonds. The van der Waals surface area contributed by atoms with Gasteiger partial charge in [-0.1, -0.05) is 18.2 Å². The van der Waals surface area contributed by atoms with Gasteiger partial charge in [0, 0.05) is 0 Å². The summed E-state index contributed by atoms with van der Waals surface area (Å²) in [5.74, 6) is -2.32. The van der Waals surface area contributed by atoms with Gasteiger partial charge in [0.05, 0.1) is 13.7 Å². The average Bonchev–Trinajstić information content (AvgIpc) is 2.61. The maximum Gasteiger partial charge on any atom is 0.258 e. The number of para-hydroxylation sites is 3. The number of rotatable bonds is 7. The molecule has 0 aliphatic rings. The van der Waals surface area contributed by atoms with Crippen LogP contribution in [0.25, 0.3) is 0 Å². The minimum atomic E-state index is -0.904. The molecular weight excluding hydrogens is 334 g/mol. The quantitative estimate of drug-likeness (QED) is 0.802. The maximum absolute atomic E-state index is 13.4. The van der Waals surface area contributed by atoms with Crippen LogP contribution in [0.4, 0.5) is 14.5 Å². The van der Waals surface area contributed by atoms with Crippen LogP contribution in [0.1, 0.15) is 0 Å². The second kappa shape index (κ2) is 8.62. The third-order valence-corrected chi connectivity index (χ3v) is 3.10. The van der Waals surface area contributed by atoms with E-state index in [2.05, 4.69) is 10.6 Å². The normalized spacial score (nSPS) is 10.0. The van der Waals surface area contributed by atoms with Crippen molar-refractivity contribution in [3.05, 3.63) is 54.1 Å². The minimum Gasteiger partial charge on any atom is -0.493 e. The van der Waals surface area contributed by atoms with E-state index in [9.17, 15) is 18.4 Å². The van der Waals surface area contributed by atoms with Gasteiger partial charge in [0.1, 0.15) is 17.3 Å². The van der Waals surface area contributed by atoms with E-state index in [1.165, 1.54) is 13.2 Å². The molecule has 6 nitrogen and oxygen atoms in total. The molecule has 0 bridgehead atoms. The van der Waals surface area contributed by atoms with Crippen molar-refractivity contribution in [3.8, 4) is 11.5 Å². The lowest BCUT2D eigenvalue weighted by molar-refractivity contribution is -0.125. The number of carbonyl (C=O) groups excluding carboxylic acids is 2. The fourth-order valence-electron chi connectivity index (χ4n) is 1.91. The summed E-state index contributed by atoms with van der Waals surface area (Å²) in [4.78, 5) is 23.4. The summed E-state index contributed by atoms with van der Waals surface area (Å²) in [7, 11) is 1.47. The van der Waals surface area contributed by atoms with Gasteiger partial charge in [0.25, 0.3) is 5.91 Å². The highest BCUT2D eigenvalue weighted by Gasteiger charge is 2.13. The third kappa shape index (κ3) is 5.17. The number of benzene rings is 2. The maximum atomic E-state index is 13.4. The van der Waals surface area contributed by atoms with Gasteiger partial charge in [-0.15, -0.1) is 0 Å². The Bertz CT molecular complexity index is 748. The Balaban J connectivity index is 1.80. The van der Waals surface area contributed by atoms with Gasteiger partial charge in [-0.05, 0) is 24.3 Å². The van der Waals surface area contributed by atoms with Crippen LogP contribution in [0.2, 0.25) is 0 Å². The van der Waals surface area contributed by atoms with Crippen LogP contribution in [0.5, 0.6) is 11.5 Å². The van der Waals surface area contributed by atoms with Crippen LogP contribution in [-0.2, 0) is 9.59 Å². The monoisotopic (exact) mass is 350 g/mol. The molecule has 132 valence electrons. The second-order valence-electron chi connectivity index (χ2n) is 4.86. The first-order valence-corrected chi connectivity index (χ1v) is 7.27. The summed E-state index contributed by atoms with van der Waals surface area (Å²) in [5.41, 5.74) is -0.563. The fourth-order valence-corrected chi connectivity index (χ4v) is 1.91. The number of amides is 2. The first kappa shape index (κ1) is 18.2. The molecule has 0 saturated carbocycles. The van der Waals surface area contributed by atoms with Crippen molar-refractivity contribution < 1.29 is 27.8 Å². The molecule has 2 aromatic carbocycles. The Morgan fingerprint density at radius 1 is 0.960 bits per heavy atom. The molecule has 2 rings (SSSR count). The largest absolute Gasteiger partial charge is 0.493 e. The lowest BCUT2D eigenvalue weighted by Crippen LogP contribution is -2.36. The predicted octanol–water partition coefficient (Wildman–Crippen LogP) is 2.11. The number of hydrogen-bond acceptors (Lipinski definition) is 4. The molecule has 0 aromatic heterocycles. The van der Waals surface area contributed by atoms with Gasteiger partial charge in [0.15, 0.2) is 18.1 Å². The molecule has 0 heterocycles. The van der Waals surface area contributed by atoms with Gasteiger partial charge in [-0.2, -0.15) is 0 Å². The van der Waals surface area contributed by atoms with Crippen LogP contribution in [0.3, 0.4) is 0 Å². The van der Waals surface area contributed by atoms with E-state index in [0.29, 0.717) is 11.5 Å². The molecule has 0 aliphatic carbocycles. The molecule has 0 atom stereocenters. The number of anilines is 1. The van der Waals surface area contributed by atoms with E-state index in [1.54, 1.807) is 24.3 Å². The summed E-state index contributed by atoms with van der Waals surface area (Å²) >= 11 is 0. The smallest absolute Gasteiger partial charge is 0.258 e. The molecule has 0 saturated heterocycles. The fraction of sp³-hybridized carbons (Fsp3) is 0.176. The lowest BCUT2D eigenvalue weighted by atomic mass is 10.3. The van der Waals surface area contributed by atoms with Crippen LogP contribution in [0.15, 0.2) is 42.5 Å². The standard InChI is InChI=1S/C17H16F2N2O4/c1-24-13-7-2-3-8-14(13)25-10-16(23)20-9-15(22)21-17-11(18)5-4-6-12(17)19/h2-8H,9-10H2,1H3,(H,20,23)(H,21,22). The van der Waals surface area contributed by atoms with E-state index in [4.69, 9.17) is 9.47 Å². The zero-order valence-corrected chi connectivity index (χ0v) is 13.3. The Morgan fingerprint density at radius 2 is 1.60 bits per heavy atom. The molecule has 0 spiro atoms. The number of methoxy groups -OCH3 is 1. The van der Waals surface area contributed by atoms with Crippen molar-refractivity contribution in [2.24, 2.45) is 0 Å². The number of carbonyl (C=O) groups is 2. The zero-order valence-electron chi connectivity index (χ0n) is 13.3. The highest BCUT2D eigenvalue weighted by atomic mass is 19.1. The Kier molecular flexibility index (Phi) is 6.27. The lowest BCUT2D eigenvalue weighted by Gasteiger charge is -2.11. The second-order valence-corrected chi connectivity index (χ2v) is 4.86. The van der Waals surface area contributed by atoms with Crippen molar-refractivity contribution in [1.82, 2.24) is 5.32 Å². The SMILES string of the molecule is COc1ccccc1OCC(=O)NCC(=O)Nc1c(F)cccc1F. The van der Waals surface area contributed by atoms with Crippen LogP contribution >= 0.6 is 0 Å². The average molecular weight is 350 g/mol. The molecule has 0 fully saturated rings. The molecule has 0 radical (unpaired) electrons. The van der Waals surface area contributed by atoms with E-state index in [0.717, 1.165) is 12.1 Å². The first-order valence-electron chi connectivity index (χ1n) is 7.27. The summed E-state index contributed by atoms with van der Waals surface area (Å²) in [6.45, 7) is -0.802. The Hall–Kier alpha value is -3.16. The van der Waals surface area contributed by atoms with Gasteiger partial charge in [-0.3, -0.25) is 9.59 Å². The summed E-state index contributed by atoms with van der Waals surface area (Å²) in [6, 6.07) is 9.96. The highest BCUT2D eigenvalue weighted by Crippen LogP contribution is 2.25. The first-order chi connectivity index (χ1) is 12.0. The Morgan fingerprint density at radius 3 is 2.24 bits per heavy atom. The topological polar surface area (TPSA) is 76.7 Å². The zero-order chi connectivity index (χ0) is 18.2. The van der Waals surface area contributed by atoms with Gasteiger partial charge < -0.3 is 20.1 Å². The van der Waals surface area contributed by atoms with Crippen LogP contribution in [0, 0.1) is 11.6 Å². The van der Waals surface area contributed by atoms with E-state index in [1.807, 2.05) is 0 Å². The van der Waals surface area contributed by atoms with Crippen molar-refractivity contribution in [1.29, 1.82) is 0 Å². The van der Waals surface area contributed by atoms with Crippen LogP contribution in [-0.4, -0.2) is 32.1 Å².